The molecule has 0 saturated carbocycles. The van der Waals surface area contributed by atoms with Gasteiger partial charge in [0, 0.05) is 5.56 Å². The highest BCUT2D eigenvalue weighted by molar-refractivity contribution is 5.95. The molecule has 0 aliphatic rings. The van der Waals surface area contributed by atoms with Crippen LogP contribution in [0.3, 0.4) is 0 Å². The molecule has 2 rings (SSSR count). The second-order valence-electron chi connectivity index (χ2n) is 4.64. The maximum absolute atomic E-state index is 12.0. The van der Waals surface area contributed by atoms with Crippen LogP contribution in [0.2, 0.25) is 0 Å². The number of carbonyl (C=O) groups excluding carboxylic acids is 1. The lowest BCUT2D eigenvalue weighted by molar-refractivity contribution is 0.0955. The van der Waals surface area contributed by atoms with Gasteiger partial charge in [0.2, 0.25) is 0 Å². The molecule has 0 bridgehead atoms. The predicted molar refractivity (Wildman–Crippen MR) is 85.8 cm³/mol. The van der Waals surface area contributed by atoms with Crippen LogP contribution in [0, 0.1) is 6.92 Å². The third-order valence-electron chi connectivity index (χ3n) is 3.14. The van der Waals surface area contributed by atoms with Gasteiger partial charge in [-0.15, -0.1) is 0 Å². The molecule has 22 heavy (non-hydrogen) atoms. The number of hydrogen-bond donors (Lipinski definition) is 1. The van der Waals surface area contributed by atoms with Crippen LogP contribution in [0.15, 0.2) is 47.6 Å². The first-order valence-corrected chi connectivity index (χ1v) is 6.76. The Balaban J connectivity index is 2.12. The highest BCUT2D eigenvalue weighted by Crippen LogP contribution is 2.26. The number of nitrogens with one attached hydrogen (secondary N) is 1. The number of ether oxygens (including phenoxy) is 2. The first kappa shape index (κ1) is 15.6. The van der Waals surface area contributed by atoms with Gasteiger partial charge in [0.05, 0.1) is 26.0 Å². The van der Waals surface area contributed by atoms with Gasteiger partial charge in [-0.05, 0) is 31.2 Å². The Morgan fingerprint density at radius 3 is 2.18 bits per heavy atom. The topological polar surface area (TPSA) is 59.9 Å². The van der Waals surface area contributed by atoms with E-state index in [1.54, 1.807) is 38.5 Å². The molecular weight excluding hydrogens is 280 g/mol. The summed E-state index contributed by atoms with van der Waals surface area (Å²) in [6.07, 6.45) is 1.50. The van der Waals surface area contributed by atoms with Crippen molar-refractivity contribution < 1.29 is 14.3 Å². The Kier molecular flexibility index (Phi) is 5.14. The van der Waals surface area contributed by atoms with E-state index < -0.39 is 0 Å². The summed E-state index contributed by atoms with van der Waals surface area (Å²) < 4.78 is 10.5. The lowest BCUT2D eigenvalue weighted by atomic mass is 10.1. The summed E-state index contributed by atoms with van der Waals surface area (Å²) in [5, 5.41) is 3.97. The average Bonchev–Trinajstić information content (AvgIpc) is 2.55. The SMILES string of the molecule is COc1cccc(OC)c1/C=N\NC(=O)c1ccc(C)cc1. The minimum atomic E-state index is -0.273. The number of rotatable bonds is 5. The average molecular weight is 298 g/mol. The Morgan fingerprint density at radius 2 is 1.64 bits per heavy atom. The van der Waals surface area contributed by atoms with Crippen LogP contribution < -0.4 is 14.9 Å². The summed E-state index contributed by atoms with van der Waals surface area (Å²) >= 11 is 0. The van der Waals surface area contributed by atoms with Crippen LogP contribution in [0.1, 0.15) is 21.5 Å². The van der Waals surface area contributed by atoms with Gasteiger partial charge in [0.1, 0.15) is 11.5 Å². The Hall–Kier alpha value is -2.82. The molecule has 0 aromatic heterocycles. The number of benzene rings is 2. The van der Waals surface area contributed by atoms with E-state index in [2.05, 4.69) is 10.5 Å². The third-order valence-corrected chi connectivity index (χ3v) is 3.14. The molecule has 0 saturated heterocycles. The van der Waals surface area contributed by atoms with E-state index in [4.69, 9.17) is 9.47 Å². The van der Waals surface area contributed by atoms with Gasteiger partial charge in [0.25, 0.3) is 5.91 Å². The smallest absolute Gasteiger partial charge is 0.271 e. The second-order valence-corrected chi connectivity index (χ2v) is 4.64. The standard InChI is InChI=1S/C17H18N2O3/c1-12-7-9-13(10-8-12)17(20)19-18-11-14-15(21-2)5-4-6-16(14)22-3/h4-11H,1-3H3,(H,19,20)/b18-11-. The Bertz CT molecular complexity index is 657. The molecule has 2 aromatic rings. The van der Waals surface area contributed by atoms with Gasteiger partial charge in [0.15, 0.2) is 0 Å². The lowest BCUT2D eigenvalue weighted by Gasteiger charge is -2.09. The molecule has 0 atom stereocenters. The van der Waals surface area contributed by atoms with Gasteiger partial charge >= 0.3 is 0 Å². The van der Waals surface area contributed by atoms with Crippen molar-refractivity contribution >= 4 is 12.1 Å². The molecule has 2 aromatic carbocycles. The zero-order chi connectivity index (χ0) is 15.9. The molecule has 114 valence electrons. The maximum atomic E-state index is 12.0. The molecule has 1 N–H and O–H groups in total. The Morgan fingerprint density at radius 1 is 1.05 bits per heavy atom. The zero-order valence-corrected chi connectivity index (χ0v) is 12.8. The maximum Gasteiger partial charge on any atom is 0.271 e. The minimum Gasteiger partial charge on any atom is -0.496 e. The number of carbonyl (C=O) groups is 1. The number of hydrazone groups is 1. The van der Waals surface area contributed by atoms with Crippen molar-refractivity contribution in [3.63, 3.8) is 0 Å². The summed E-state index contributed by atoms with van der Waals surface area (Å²) in [5.74, 6) is 0.963. The molecule has 0 heterocycles. The molecule has 0 radical (unpaired) electrons. The molecular formula is C17H18N2O3. The molecule has 5 heteroatoms. The number of nitrogens with zero attached hydrogens (tertiary/aromatic N) is 1. The summed E-state index contributed by atoms with van der Waals surface area (Å²) in [6.45, 7) is 1.97. The highest BCUT2D eigenvalue weighted by Gasteiger charge is 2.08. The van der Waals surface area contributed by atoms with Gasteiger partial charge in [-0.25, -0.2) is 5.43 Å². The minimum absolute atomic E-state index is 0.273. The van der Waals surface area contributed by atoms with Gasteiger partial charge in [-0.2, -0.15) is 5.10 Å². The van der Waals surface area contributed by atoms with Crippen molar-refractivity contribution in [3.05, 3.63) is 59.2 Å². The second kappa shape index (κ2) is 7.26. The van der Waals surface area contributed by atoms with E-state index >= 15 is 0 Å². The number of aryl methyl sites for hydroxylation is 1. The van der Waals surface area contributed by atoms with Crippen molar-refractivity contribution in [1.29, 1.82) is 0 Å². The first-order valence-electron chi connectivity index (χ1n) is 6.76. The predicted octanol–water partition coefficient (Wildman–Crippen LogP) is 2.78. The molecule has 0 aliphatic heterocycles. The Labute approximate surface area is 129 Å². The van der Waals surface area contributed by atoms with Gasteiger partial charge < -0.3 is 9.47 Å². The van der Waals surface area contributed by atoms with Crippen molar-refractivity contribution in [2.24, 2.45) is 5.10 Å². The summed E-state index contributed by atoms with van der Waals surface area (Å²) in [5.41, 5.74) is 4.80. The molecule has 0 spiro atoms. The quantitative estimate of drug-likeness (QED) is 0.682. The van der Waals surface area contributed by atoms with Crippen LogP contribution in [-0.2, 0) is 0 Å². The zero-order valence-electron chi connectivity index (χ0n) is 12.8. The van der Waals surface area contributed by atoms with Crippen molar-refractivity contribution in [3.8, 4) is 11.5 Å². The monoisotopic (exact) mass is 298 g/mol. The number of hydrogen-bond acceptors (Lipinski definition) is 4. The van der Waals surface area contributed by atoms with Crippen molar-refractivity contribution in [2.45, 2.75) is 6.92 Å². The van der Waals surface area contributed by atoms with Gasteiger partial charge in [-0.1, -0.05) is 23.8 Å². The van der Waals surface area contributed by atoms with E-state index in [-0.39, 0.29) is 5.91 Å². The fourth-order valence-corrected chi connectivity index (χ4v) is 1.93. The summed E-state index contributed by atoms with van der Waals surface area (Å²) in [4.78, 5) is 12.0. The molecule has 0 fully saturated rings. The van der Waals surface area contributed by atoms with Crippen LogP contribution in [0.5, 0.6) is 11.5 Å². The summed E-state index contributed by atoms with van der Waals surface area (Å²) in [6, 6.07) is 12.7. The fraction of sp³-hybridized carbons (Fsp3) is 0.176. The molecule has 1 amide bonds. The lowest BCUT2D eigenvalue weighted by Crippen LogP contribution is -2.17. The van der Waals surface area contributed by atoms with Crippen molar-refractivity contribution in [1.82, 2.24) is 5.43 Å². The van der Waals surface area contributed by atoms with Crippen LogP contribution >= 0.6 is 0 Å². The normalized spacial score (nSPS) is 10.5. The number of amides is 1. The van der Waals surface area contributed by atoms with Crippen LogP contribution in [0.4, 0.5) is 0 Å². The molecule has 0 unspecified atom stereocenters. The number of methoxy groups -OCH3 is 2. The largest absolute Gasteiger partial charge is 0.496 e. The first-order chi connectivity index (χ1) is 10.7. The molecule has 5 nitrogen and oxygen atoms in total. The van der Waals surface area contributed by atoms with E-state index in [0.717, 1.165) is 5.56 Å². The summed E-state index contributed by atoms with van der Waals surface area (Å²) in [7, 11) is 3.13. The van der Waals surface area contributed by atoms with E-state index in [0.29, 0.717) is 22.6 Å². The van der Waals surface area contributed by atoms with Crippen molar-refractivity contribution in [2.75, 3.05) is 14.2 Å². The highest BCUT2D eigenvalue weighted by atomic mass is 16.5. The third kappa shape index (κ3) is 3.63. The van der Waals surface area contributed by atoms with Crippen LogP contribution in [0.25, 0.3) is 0 Å². The van der Waals surface area contributed by atoms with E-state index in [1.165, 1.54) is 6.21 Å². The van der Waals surface area contributed by atoms with E-state index in [1.807, 2.05) is 25.1 Å². The van der Waals surface area contributed by atoms with Gasteiger partial charge in [-0.3, -0.25) is 4.79 Å². The van der Waals surface area contributed by atoms with Crippen LogP contribution in [-0.4, -0.2) is 26.3 Å². The molecule has 0 aliphatic carbocycles. The fourth-order valence-electron chi connectivity index (χ4n) is 1.93. The van der Waals surface area contributed by atoms with E-state index in [9.17, 15) is 4.79 Å².